The van der Waals surface area contributed by atoms with Gasteiger partial charge in [0.05, 0.1) is 24.8 Å². The molecule has 2 aromatic carbocycles. The van der Waals surface area contributed by atoms with Gasteiger partial charge >= 0.3 is 6.36 Å². The average Bonchev–Trinajstić information content (AvgIpc) is 3.08. The van der Waals surface area contributed by atoms with Gasteiger partial charge in [-0.3, -0.25) is 0 Å². The normalized spacial score (nSPS) is 12.5. The number of benzene rings is 2. The number of rotatable bonds is 4. The third kappa shape index (κ3) is 3.50. The summed E-state index contributed by atoms with van der Waals surface area (Å²) in [4.78, 5) is 2.71. The molecule has 1 aliphatic heterocycles. The van der Waals surface area contributed by atoms with Crippen molar-refractivity contribution in [3.8, 4) is 28.7 Å². The molecule has 6 nitrogen and oxygen atoms in total. The van der Waals surface area contributed by atoms with Gasteiger partial charge in [-0.2, -0.15) is 5.26 Å². The minimum atomic E-state index is -4.76. The third-order valence-electron chi connectivity index (χ3n) is 3.87. The lowest BCUT2D eigenvalue weighted by Gasteiger charge is -2.14. The number of fused-ring (bicyclic) bond motifs is 1. The van der Waals surface area contributed by atoms with E-state index in [1.54, 1.807) is 6.07 Å². The zero-order chi connectivity index (χ0) is 18.7. The standard InChI is InChI=1S/C17H11F3N4O2/c18-17(19,20)26-12-3-1-10(2-4-12)14-7-11(9-23-24-22)15(8-21)13-5-6-25-16(13)14/h1-4,7H,5-6,9H2. The Morgan fingerprint density at radius 3 is 2.65 bits per heavy atom. The van der Waals surface area contributed by atoms with E-state index in [1.165, 1.54) is 24.3 Å². The lowest BCUT2D eigenvalue weighted by Crippen LogP contribution is -2.16. The number of azide groups is 1. The van der Waals surface area contributed by atoms with Crippen LogP contribution in [0, 0.1) is 11.3 Å². The van der Waals surface area contributed by atoms with Crippen LogP contribution >= 0.6 is 0 Å². The van der Waals surface area contributed by atoms with Gasteiger partial charge in [0.1, 0.15) is 11.5 Å². The van der Waals surface area contributed by atoms with Crippen LogP contribution in [0.5, 0.6) is 11.5 Å². The fourth-order valence-electron chi connectivity index (χ4n) is 2.86. The number of hydrogen-bond acceptors (Lipinski definition) is 4. The molecule has 9 heteroatoms. The predicted molar refractivity (Wildman–Crippen MR) is 85.3 cm³/mol. The Kier molecular flexibility index (Phi) is 4.61. The van der Waals surface area contributed by atoms with Gasteiger partial charge in [-0.05, 0) is 34.9 Å². The van der Waals surface area contributed by atoms with Crippen molar-refractivity contribution in [3.63, 3.8) is 0 Å². The Labute approximate surface area is 146 Å². The van der Waals surface area contributed by atoms with E-state index in [-0.39, 0.29) is 12.3 Å². The van der Waals surface area contributed by atoms with Crippen molar-refractivity contribution in [2.24, 2.45) is 5.11 Å². The lowest BCUT2D eigenvalue weighted by molar-refractivity contribution is -0.274. The van der Waals surface area contributed by atoms with Gasteiger partial charge in [0.15, 0.2) is 0 Å². The van der Waals surface area contributed by atoms with Crippen molar-refractivity contribution in [2.75, 3.05) is 6.61 Å². The summed E-state index contributed by atoms with van der Waals surface area (Å²) in [6, 6.07) is 9.13. The maximum atomic E-state index is 12.3. The van der Waals surface area contributed by atoms with E-state index in [4.69, 9.17) is 10.3 Å². The maximum absolute atomic E-state index is 12.3. The van der Waals surface area contributed by atoms with E-state index in [1.807, 2.05) is 0 Å². The van der Waals surface area contributed by atoms with Crippen molar-refractivity contribution in [3.05, 3.63) is 57.5 Å². The third-order valence-corrected chi connectivity index (χ3v) is 3.87. The number of ether oxygens (including phenoxy) is 2. The lowest BCUT2D eigenvalue weighted by atomic mass is 9.93. The summed E-state index contributed by atoms with van der Waals surface area (Å²) in [5.74, 6) is 0.192. The predicted octanol–water partition coefficient (Wildman–Crippen LogP) is 4.87. The average molecular weight is 360 g/mol. The van der Waals surface area contributed by atoms with Crippen molar-refractivity contribution < 1.29 is 22.6 Å². The Bertz CT molecular complexity index is 927. The Balaban J connectivity index is 2.06. The highest BCUT2D eigenvalue weighted by atomic mass is 19.4. The smallest absolute Gasteiger partial charge is 0.492 e. The van der Waals surface area contributed by atoms with E-state index in [0.29, 0.717) is 46.6 Å². The molecule has 0 saturated carbocycles. The molecule has 0 spiro atoms. The second-order valence-electron chi connectivity index (χ2n) is 5.44. The molecule has 0 aromatic heterocycles. The zero-order valence-corrected chi connectivity index (χ0v) is 13.2. The zero-order valence-electron chi connectivity index (χ0n) is 13.2. The SMILES string of the molecule is N#Cc1c(CN=[N+]=[N-])cc(-c2ccc(OC(F)(F)F)cc2)c2c1CCO2. The van der Waals surface area contributed by atoms with E-state index in [0.717, 1.165) is 0 Å². The molecule has 26 heavy (non-hydrogen) atoms. The molecule has 0 amide bonds. The molecule has 0 radical (unpaired) electrons. The molecule has 0 atom stereocenters. The minimum Gasteiger partial charge on any atom is -0.492 e. The maximum Gasteiger partial charge on any atom is 0.573 e. The first kappa shape index (κ1) is 17.5. The van der Waals surface area contributed by atoms with Gasteiger partial charge in [-0.1, -0.05) is 17.2 Å². The van der Waals surface area contributed by atoms with Crippen LogP contribution in [-0.4, -0.2) is 13.0 Å². The van der Waals surface area contributed by atoms with Crippen LogP contribution in [0.25, 0.3) is 21.6 Å². The molecule has 0 aliphatic carbocycles. The van der Waals surface area contributed by atoms with Gasteiger partial charge in [0, 0.05) is 22.5 Å². The highest BCUT2D eigenvalue weighted by Crippen LogP contribution is 2.41. The summed E-state index contributed by atoms with van der Waals surface area (Å²) >= 11 is 0. The van der Waals surface area contributed by atoms with Crippen LogP contribution in [0.1, 0.15) is 16.7 Å². The summed E-state index contributed by atoms with van der Waals surface area (Å²) < 4.78 is 46.4. The molecular weight excluding hydrogens is 349 g/mol. The molecule has 2 aromatic rings. The summed E-state index contributed by atoms with van der Waals surface area (Å²) in [7, 11) is 0. The summed E-state index contributed by atoms with van der Waals surface area (Å²) in [5.41, 5.74) is 11.4. The number of halogens is 3. The molecule has 3 rings (SSSR count). The highest BCUT2D eigenvalue weighted by molar-refractivity contribution is 5.76. The van der Waals surface area contributed by atoms with Gasteiger partial charge in [-0.25, -0.2) is 0 Å². The fraction of sp³-hybridized carbons (Fsp3) is 0.235. The van der Waals surface area contributed by atoms with Crippen LogP contribution in [0.15, 0.2) is 35.4 Å². The molecule has 0 bridgehead atoms. The summed E-state index contributed by atoms with van der Waals surface area (Å²) in [6.07, 6.45) is -4.23. The second-order valence-corrected chi connectivity index (χ2v) is 5.44. The highest BCUT2D eigenvalue weighted by Gasteiger charge is 2.31. The molecule has 0 saturated heterocycles. The first-order valence-electron chi connectivity index (χ1n) is 7.51. The minimum absolute atomic E-state index is 0.00502. The van der Waals surface area contributed by atoms with Crippen LogP contribution in [0.4, 0.5) is 13.2 Å². The number of alkyl halides is 3. The van der Waals surface area contributed by atoms with Crippen LogP contribution < -0.4 is 9.47 Å². The largest absolute Gasteiger partial charge is 0.573 e. The quantitative estimate of drug-likeness (QED) is 0.442. The molecule has 0 fully saturated rings. The van der Waals surface area contributed by atoms with Gasteiger partial charge in [0.2, 0.25) is 0 Å². The molecule has 1 aliphatic rings. The molecule has 0 N–H and O–H groups in total. The number of nitriles is 1. The first-order valence-corrected chi connectivity index (χ1v) is 7.51. The Hall–Kier alpha value is -3.37. The van der Waals surface area contributed by atoms with Gasteiger partial charge < -0.3 is 9.47 Å². The topological polar surface area (TPSA) is 91.0 Å². The summed E-state index contributed by atoms with van der Waals surface area (Å²) in [5, 5.41) is 12.9. The van der Waals surface area contributed by atoms with E-state index in [9.17, 15) is 18.4 Å². The fourth-order valence-corrected chi connectivity index (χ4v) is 2.86. The molecule has 0 unspecified atom stereocenters. The summed E-state index contributed by atoms with van der Waals surface area (Å²) in [6.45, 7) is 0.395. The van der Waals surface area contributed by atoms with Crippen molar-refractivity contribution in [2.45, 2.75) is 19.3 Å². The first-order chi connectivity index (χ1) is 12.4. The second kappa shape index (κ2) is 6.86. The van der Waals surface area contributed by atoms with Crippen LogP contribution in [0.3, 0.4) is 0 Å². The van der Waals surface area contributed by atoms with E-state index < -0.39 is 6.36 Å². The van der Waals surface area contributed by atoms with Crippen molar-refractivity contribution in [1.29, 1.82) is 5.26 Å². The van der Waals surface area contributed by atoms with E-state index in [2.05, 4.69) is 20.8 Å². The van der Waals surface area contributed by atoms with Gasteiger partial charge in [0.25, 0.3) is 0 Å². The van der Waals surface area contributed by atoms with Crippen molar-refractivity contribution in [1.82, 2.24) is 0 Å². The number of nitrogens with zero attached hydrogens (tertiary/aromatic N) is 4. The van der Waals surface area contributed by atoms with Crippen LogP contribution in [-0.2, 0) is 13.0 Å². The molecular formula is C17H11F3N4O2. The van der Waals surface area contributed by atoms with Gasteiger partial charge in [-0.15, -0.1) is 13.2 Å². The monoisotopic (exact) mass is 360 g/mol. The molecule has 1 heterocycles. The Morgan fingerprint density at radius 2 is 2.04 bits per heavy atom. The van der Waals surface area contributed by atoms with E-state index >= 15 is 0 Å². The van der Waals surface area contributed by atoms with Crippen molar-refractivity contribution >= 4 is 0 Å². The number of hydrogen-bond donors (Lipinski definition) is 0. The van der Waals surface area contributed by atoms with Crippen LogP contribution in [0.2, 0.25) is 0 Å². The Morgan fingerprint density at radius 1 is 1.31 bits per heavy atom. The molecule has 132 valence electrons.